The molecule has 2 aromatic rings. The van der Waals surface area contributed by atoms with E-state index in [4.69, 9.17) is 5.11 Å². The van der Waals surface area contributed by atoms with Gasteiger partial charge in [0.2, 0.25) is 0 Å². The van der Waals surface area contributed by atoms with Crippen molar-refractivity contribution in [3.05, 3.63) is 52.1 Å². The van der Waals surface area contributed by atoms with Crippen molar-refractivity contribution in [1.82, 2.24) is 9.55 Å². The van der Waals surface area contributed by atoms with Gasteiger partial charge in [0.1, 0.15) is 17.1 Å². The summed E-state index contributed by atoms with van der Waals surface area (Å²) in [4.78, 5) is 25.8. The highest BCUT2D eigenvalue weighted by Gasteiger charge is 2.25. The van der Waals surface area contributed by atoms with Crippen LogP contribution in [0.4, 0.5) is 5.69 Å². The summed E-state index contributed by atoms with van der Waals surface area (Å²) in [5.41, 5.74) is -0.533. The third-order valence-electron chi connectivity index (χ3n) is 2.88. The van der Waals surface area contributed by atoms with Gasteiger partial charge in [-0.05, 0) is 18.6 Å². The van der Waals surface area contributed by atoms with Crippen molar-refractivity contribution in [2.45, 2.75) is 19.8 Å². The van der Waals surface area contributed by atoms with Crippen LogP contribution in [0.5, 0.6) is 0 Å². The van der Waals surface area contributed by atoms with Gasteiger partial charge in [0.25, 0.3) is 0 Å². The Kier molecular flexibility index (Phi) is 3.79. The number of carboxylic acids is 1. The number of para-hydroxylation sites is 1. The zero-order valence-corrected chi connectivity index (χ0v) is 10.8. The molecule has 0 unspecified atom stereocenters. The predicted molar refractivity (Wildman–Crippen MR) is 71.2 cm³/mol. The zero-order chi connectivity index (χ0) is 14.7. The summed E-state index contributed by atoms with van der Waals surface area (Å²) in [6.07, 6.45) is 4.63. The molecule has 0 amide bonds. The molecule has 0 saturated heterocycles. The molecule has 1 aromatic heterocycles. The topological polar surface area (TPSA) is 98.3 Å². The normalized spacial score (nSPS) is 10.4. The number of nitro groups is 1. The van der Waals surface area contributed by atoms with Crippen molar-refractivity contribution >= 4 is 11.7 Å². The number of aryl methyl sites for hydroxylation is 1. The third kappa shape index (κ3) is 2.37. The second-order valence-electron chi connectivity index (χ2n) is 4.20. The molecule has 0 bridgehead atoms. The Hall–Kier alpha value is -2.70. The number of aromatic nitrogens is 2. The molecule has 104 valence electrons. The van der Waals surface area contributed by atoms with Gasteiger partial charge in [-0.15, -0.1) is 0 Å². The first-order chi connectivity index (χ1) is 9.56. The third-order valence-corrected chi connectivity index (χ3v) is 2.88. The van der Waals surface area contributed by atoms with Crippen molar-refractivity contribution in [3.63, 3.8) is 0 Å². The van der Waals surface area contributed by atoms with Gasteiger partial charge in [0.05, 0.1) is 4.92 Å². The van der Waals surface area contributed by atoms with E-state index in [0.717, 1.165) is 6.42 Å². The van der Waals surface area contributed by atoms with Gasteiger partial charge >= 0.3 is 11.7 Å². The first-order valence-corrected chi connectivity index (χ1v) is 6.09. The number of rotatable bonds is 5. The number of benzene rings is 1. The van der Waals surface area contributed by atoms with E-state index in [2.05, 4.69) is 4.98 Å². The smallest absolute Gasteiger partial charge is 0.342 e. The van der Waals surface area contributed by atoms with Gasteiger partial charge in [-0.2, -0.15) is 0 Å². The summed E-state index contributed by atoms with van der Waals surface area (Å²) < 4.78 is 1.56. The van der Waals surface area contributed by atoms with Gasteiger partial charge in [0.15, 0.2) is 0 Å². The second-order valence-corrected chi connectivity index (χ2v) is 4.20. The molecule has 1 heterocycles. The molecule has 0 spiro atoms. The van der Waals surface area contributed by atoms with Gasteiger partial charge in [-0.25, -0.2) is 9.78 Å². The molecule has 20 heavy (non-hydrogen) atoms. The van der Waals surface area contributed by atoms with Crippen LogP contribution in [0.15, 0.2) is 30.6 Å². The maximum Gasteiger partial charge on any atom is 0.342 e. The summed E-state index contributed by atoms with van der Waals surface area (Å²) in [5.74, 6) is -0.658. The molecule has 0 aliphatic rings. The highest BCUT2D eigenvalue weighted by molar-refractivity contribution is 5.94. The van der Waals surface area contributed by atoms with Gasteiger partial charge in [-0.1, -0.05) is 13.0 Å². The number of aromatic carboxylic acids is 1. The van der Waals surface area contributed by atoms with Crippen molar-refractivity contribution < 1.29 is 14.8 Å². The van der Waals surface area contributed by atoms with Crippen LogP contribution in [0.25, 0.3) is 5.69 Å². The molecule has 1 N–H and O–H groups in total. The van der Waals surface area contributed by atoms with Crippen LogP contribution < -0.4 is 0 Å². The molecular formula is C13H13N3O4. The molecule has 0 saturated carbocycles. The van der Waals surface area contributed by atoms with Crippen LogP contribution >= 0.6 is 0 Å². The SMILES string of the molecule is CCCc1nccn1-c1cccc(C(=O)O)c1[N+](=O)[O-]. The molecule has 1 aromatic carbocycles. The van der Waals surface area contributed by atoms with Crippen LogP contribution in [-0.2, 0) is 6.42 Å². The Morgan fingerprint density at radius 2 is 2.25 bits per heavy atom. The molecule has 7 heteroatoms. The maximum absolute atomic E-state index is 11.2. The number of imidazole rings is 1. The largest absolute Gasteiger partial charge is 0.477 e. The minimum Gasteiger partial charge on any atom is -0.477 e. The van der Waals surface area contributed by atoms with E-state index in [1.807, 2.05) is 6.92 Å². The predicted octanol–water partition coefficient (Wildman–Crippen LogP) is 2.43. The molecule has 0 aliphatic heterocycles. The molecular weight excluding hydrogens is 262 g/mol. The Morgan fingerprint density at radius 1 is 1.50 bits per heavy atom. The fraction of sp³-hybridized carbons (Fsp3) is 0.231. The number of nitrogens with zero attached hydrogens (tertiary/aromatic N) is 3. The van der Waals surface area contributed by atoms with Gasteiger partial charge < -0.3 is 5.11 Å². The number of carboxylic acid groups (broad SMARTS) is 1. The lowest BCUT2D eigenvalue weighted by Crippen LogP contribution is -2.09. The summed E-state index contributed by atoms with van der Waals surface area (Å²) in [6.45, 7) is 1.97. The number of nitro benzene ring substituents is 1. The average molecular weight is 275 g/mol. The Balaban J connectivity index is 2.67. The van der Waals surface area contributed by atoms with Gasteiger partial charge in [-0.3, -0.25) is 14.7 Å². The monoisotopic (exact) mass is 275 g/mol. The molecule has 0 aliphatic carbocycles. The van der Waals surface area contributed by atoms with Gasteiger partial charge in [0, 0.05) is 18.8 Å². The lowest BCUT2D eigenvalue weighted by atomic mass is 10.1. The van der Waals surface area contributed by atoms with Crippen molar-refractivity contribution in [2.75, 3.05) is 0 Å². The fourth-order valence-corrected chi connectivity index (χ4v) is 2.05. The van der Waals surface area contributed by atoms with E-state index >= 15 is 0 Å². The summed E-state index contributed by atoms with van der Waals surface area (Å²) in [6, 6.07) is 4.23. The van der Waals surface area contributed by atoms with E-state index < -0.39 is 16.6 Å². The van der Waals surface area contributed by atoms with E-state index in [-0.39, 0.29) is 11.3 Å². The number of hydrogen-bond donors (Lipinski definition) is 1. The van der Waals surface area contributed by atoms with E-state index in [0.29, 0.717) is 12.2 Å². The Bertz CT molecular complexity index is 663. The van der Waals surface area contributed by atoms with Crippen molar-refractivity contribution in [3.8, 4) is 5.69 Å². The molecule has 2 rings (SSSR count). The second kappa shape index (κ2) is 5.52. The quantitative estimate of drug-likeness (QED) is 0.667. The lowest BCUT2D eigenvalue weighted by molar-refractivity contribution is -0.384. The lowest BCUT2D eigenvalue weighted by Gasteiger charge is -2.09. The standard InChI is InChI=1S/C13H13N3O4/c1-2-4-11-14-7-8-15(11)10-6-3-5-9(13(17)18)12(10)16(19)20/h3,5-8H,2,4H2,1H3,(H,17,18). The fourth-order valence-electron chi connectivity index (χ4n) is 2.05. The maximum atomic E-state index is 11.2. The van der Waals surface area contributed by atoms with E-state index in [1.54, 1.807) is 17.0 Å². The van der Waals surface area contributed by atoms with Crippen LogP contribution in [0.2, 0.25) is 0 Å². The van der Waals surface area contributed by atoms with Crippen molar-refractivity contribution in [1.29, 1.82) is 0 Å². The molecule has 7 nitrogen and oxygen atoms in total. The first kappa shape index (κ1) is 13.7. The van der Waals surface area contributed by atoms with Crippen LogP contribution in [-0.4, -0.2) is 25.6 Å². The number of hydrogen-bond acceptors (Lipinski definition) is 4. The average Bonchev–Trinajstić information content (AvgIpc) is 2.86. The highest BCUT2D eigenvalue weighted by Crippen LogP contribution is 2.28. The minimum absolute atomic E-state index is 0.218. The summed E-state index contributed by atoms with van der Waals surface area (Å²) in [5, 5.41) is 20.3. The number of carbonyl (C=O) groups is 1. The zero-order valence-electron chi connectivity index (χ0n) is 10.8. The minimum atomic E-state index is -1.32. The molecule has 0 atom stereocenters. The van der Waals surface area contributed by atoms with E-state index in [1.165, 1.54) is 18.2 Å². The molecule has 0 fully saturated rings. The summed E-state index contributed by atoms with van der Waals surface area (Å²) in [7, 11) is 0. The highest BCUT2D eigenvalue weighted by atomic mass is 16.6. The van der Waals surface area contributed by atoms with Crippen LogP contribution in [0.1, 0.15) is 29.5 Å². The van der Waals surface area contributed by atoms with Crippen LogP contribution in [0, 0.1) is 10.1 Å². The first-order valence-electron chi connectivity index (χ1n) is 6.09. The Morgan fingerprint density at radius 3 is 2.85 bits per heavy atom. The Labute approximate surface area is 114 Å². The molecule has 0 radical (unpaired) electrons. The van der Waals surface area contributed by atoms with Crippen LogP contribution in [0.3, 0.4) is 0 Å². The van der Waals surface area contributed by atoms with Crippen molar-refractivity contribution in [2.24, 2.45) is 0 Å². The van der Waals surface area contributed by atoms with E-state index in [9.17, 15) is 14.9 Å². The summed E-state index contributed by atoms with van der Waals surface area (Å²) >= 11 is 0.